The molecule has 2 nitrogen and oxygen atoms in total. The Morgan fingerprint density at radius 1 is 1.53 bits per heavy atom. The number of rotatable bonds is 3. The average Bonchev–Trinajstić information content (AvgIpc) is 2.86. The predicted octanol–water partition coefficient (Wildman–Crippen LogP) is 3.75. The average molecular weight is 273 g/mol. The zero-order valence-corrected chi connectivity index (χ0v) is 12.4. The number of alkyl halides is 1. The number of hydrogen-bond donors (Lipinski definition) is 0. The minimum Gasteiger partial charge on any atom is -0.296 e. The Hall–Kier alpha value is -0.120. The lowest BCUT2D eigenvalue weighted by Crippen LogP contribution is -2.25. The van der Waals surface area contributed by atoms with Gasteiger partial charge in [0.25, 0.3) is 0 Å². The lowest BCUT2D eigenvalue weighted by Gasteiger charge is -2.26. The topological polar surface area (TPSA) is 16.1 Å². The fourth-order valence-electron chi connectivity index (χ4n) is 2.36. The van der Waals surface area contributed by atoms with Crippen LogP contribution in [0.25, 0.3) is 0 Å². The molecule has 96 valence electrons. The summed E-state index contributed by atoms with van der Waals surface area (Å²) in [5.74, 6) is 1.34. The first-order valence-corrected chi connectivity index (χ1v) is 7.62. The van der Waals surface area contributed by atoms with E-state index in [2.05, 4.69) is 36.0 Å². The molecule has 1 aliphatic heterocycles. The van der Waals surface area contributed by atoms with Crippen LogP contribution in [0.4, 0.5) is 0 Å². The quantitative estimate of drug-likeness (QED) is 0.779. The van der Waals surface area contributed by atoms with Crippen molar-refractivity contribution in [2.75, 3.05) is 13.1 Å². The van der Waals surface area contributed by atoms with Crippen molar-refractivity contribution < 1.29 is 0 Å². The maximum Gasteiger partial charge on any atom is 0.107 e. The zero-order chi connectivity index (χ0) is 12.5. The molecule has 1 unspecified atom stereocenters. The number of thiazole rings is 1. The summed E-state index contributed by atoms with van der Waals surface area (Å²) in [5.41, 5.74) is 1.44. The van der Waals surface area contributed by atoms with Gasteiger partial charge in [-0.05, 0) is 24.3 Å². The molecule has 1 saturated heterocycles. The van der Waals surface area contributed by atoms with Crippen molar-refractivity contribution in [3.8, 4) is 0 Å². The molecule has 0 saturated carbocycles. The molecule has 2 rings (SSSR count). The molecule has 0 N–H and O–H groups in total. The number of hydrogen-bond acceptors (Lipinski definition) is 3. The second kappa shape index (κ2) is 5.25. The van der Waals surface area contributed by atoms with Gasteiger partial charge in [-0.1, -0.05) is 20.8 Å². The van der Waals surface area contributed by atoms with E-state index in [0.717, 1.165) is 18.2 Å². The monoisotopic (exact) mass is 272 g/mol. The Morgan fingerprint density at radius 2 is 2.29 bits per heavy atom. The minimum absolute atomic E-state index is 0.429. The fraction of sp³-hybridized carbons (Fsp3) is 0.769. The van der Waals surface area contributed by atoms with E-state index in [4.69, 9.17) is 11.6 Å². The fourth-order valence-corrected chi connectivity index (χ4v) is 3.42. The molecule has 1 fully saturated rings. The Labute approximate surface area is 113 Å². The first kappa shape index (κ1) is 13.3. The second-order valence-electron chi connectivity index (χ2n) is 5.95. The third-order valence-corrected chi connectivity index (χ3v) is 4.75. The van der Waals surface area contributed by atoms with E-state index in [1.54, 1.807) is 11.3 Å². The van der Waals surface area contributed by atoms with E-state index in [0.29, 0.717) is 11.3 Å². The largest absolute Gasteiger partial charge is 0.296 e. The van der Waals surface area contributed by atoms with Crippen LogP contribution in [0.2, 0.25) is 0 Å². The number of halogens is 1. The van der Waals surface area contributed by atoms with Crippen LogP contribution in [0, 0.1) is 11.3 Å². The van der Waals surface area contributed by atoms with E-state index >= 15 is 0 Å². The van der Waals surface area contributed by atoms with Crippen LogP contribution in [-0.2, 0) is 12.4 Å². The highest BCUT2D eigenvalue weighted by Crippen LogP contribution is 2.34. The molecule has 1 aromatic heterocycles. The van der Waals surface area contributed by atoms with Gasteiger partial charge >= 0.3 is 0 Å². The van der Waals surface area contributed by atoms with Crippen LogP contribution < -0.4 is 0 Å². The summed E-state index contributed by atoms with van der Waals surface area (Å²) in [6, 6.07) is 0. The zero-order valence-electron chi connectivity index (χ0n) is 10.9. The SMILES string of the molecule is CC(C)(C)C1CCN(Cc2nc(CCl)cs2)C1. The molecule has 4 heteroatoms. The van der Waals surface area contributed by atoms with Crippen LogP contribution >= 0.6 is 22.9 Å². The van der Waals surface area contributed by atoms with Crippen LogP contribution in [0.1, 0.15) is 37.9 Å². The van der Waals surface area contributed by atoms with Gasteiger partial charge in [0.05, 0.1) is 18.1 Å². The van der Waals surface area contributed by atoms with Gasteiger partial charge in [-0.15, -0.1) is 22.9 Å². The molecule has 0 radical (unpaired) electrons. The smallest absolute Gasteiger partial charge is 0.107 e. The second-order valence-corrected chi connectivity index (χ2v) is 7.16. The van der Waals surface area contributed by atoms with Gasteiger partial charge in [0.15, 0.2) is 0 Å². The Kier molecular flexibility index (Phi) is 4.11. The molecule has 0 aromatic carbocycles. The highest BCUT2D eigenvalue weighted by molar-refractivity contribution is 7.09. The summed E-state index contributed by atoms with van der Waals surface area (Å²) >= 11 is 7.50. The van der Waals surface area contributed by atoms with E-state index in [9.17, 15) is 0 Å². The summed E-state index contributed by atoms with van der Waals surface area (Å²) < 4.78 is 0. The Morgan fingerprint density at radius 3 is 2.82 bits per heavy atom. The lowest BCUT2D eigenvalue weighted by atomic mass is 9.80. The molecule has 0 spiro atoms. The molecule has 1 aromatic rings. The molecular weight excluding hydrogens is 252 g/mol. The molecule has 0 amide bonds. The van der Waals surface area contributed by atoms with Crippen molar-refractivity contribution in [1.82, 2.24) is 9.88 Å². The summed E-state index contributed by atoms with van der Waals surface area (Å²) in [5, 5.41) is 3.27. The predicted molar refractivity (Wildman–Crippen MR) is 74.5 cm³/mol. The van der Waals surface area contributed by atoms with Gasteiger partial charge in [0.1, 0.15) is 5.01 Å². The highest BCUT2D eigenvalue weighted by atomic mass is 35.5. The van der Waals surface area contributed by atoms with Crippen LogP contribution in [0.5, 0.6) is 0 Å². The number of likely N-dealkylation sites (tertiary alicyclic amines) is 1. The van der Waals surface area contributed by atoms with Crippen LogP contribution in [-0.4, -0.2) is 23.0 Å². The van der Waals surface area contributed by atoms with Gasteiger partial charge in [-0.3, -0.25) is 4.90 Å². The van der Waals surface area contributed by atoms with Crippen LogP contribution in [0.3, 0.4) is 0 Å². The molecule has 0 aliphatic carbocycles. The molecule has 1 aliphatic rings. The molecule has 0 bridgehead atoms. The Balaban J connectivity index is 1.89. The van der Waals surface area contributed by atoms with Crippen molar-refractivity contribution in [3.63, 3.8) is 0 Å². The molecule has 17 heavy (non-hydrogen) atoms. The first-order chi connectivity index (χ1) is 7.99. The van der Waals surface area contributed by atoms with E-state index in [-0.39, 0.29) is 0 Å². The van der Waals surface area contributed by atoms with Gasteiger partial charge < -0.3 is 0 Å². The summed E-state index contributed by atoms with van der Waals surface area (Å²) in [6.07, 6.45) is 1.32. The third-order valence-electron chi connectivity index (χ3n) is 3.59. The van der Waals surface area contributed by atoms with Gasteiger partial charge in [-0.25, -0.2) is 4.98 Å². The maximum absolute atomic E-state index is 5.77. The number of nitrogens with zero attached hydrogens (tertiary/aromatic N) is 2. The van der Waals surface area contributed by atoms with Crippen molar-refractivity contribution >= 4 is 22.9 Å². The minimum atomic E-state index is 0.429. The molecular formula is C13H21ClN2S. The summed E-state index contributed by atoms with van der Waals surface area (Å²) in [4.78, 5) is 7.04. The maximum atomic E-state index is 5.77. The van der Waals surface area contributed by atoms with E-state index < -0.39 is 0 Å². The standard InChI is InChI=1S/C13H21ClN2S/c1-13(2,3)10-4-5-16(7-10)8-12-15-11(6-14)9-17-12/h9-10H,4-8H2,1-3H3. The van der Waals surface area contributed by atoms with Crippen molar-refractivity contribution in [2.45, 2.75) is 39.6 Å². The third kappa shape index (κ3) is 3.43. The summed E-state index contributed by atoms with van der Waals surface area (Å²) in [6.45, 7) is 10.4. The van der Waals surface area contributed by atoms with Gasteiger partial charge in [0.2, 0.25) is 0 Å². The van der Waals surface area contributed by atoms with E-state index in [1.165, 1.54) is 24.5 Å². The number of aromatic nitrogens is 1. The molecule has 1 atom stereocenters. The molecule has 2 heterocycles. The summed E-state index contributed by atoms with van der Waals surface area (Å²) in [7, 11) is 0. The van der Waals surface area contributed by atoms with Crippen molar-refractivity contribution in [3.05, 3.63) is 16.1 Å². The first-order valence-electron chi connectivity index (χ1n) is 6.20. The van der Waals surface area contributed by atoms with E-state index in [1.807, 2.05) is 0 Å². The van der Waals surface area contributed by atoms with Gasteiger partial charge in [-0.2, -0.15) is 0 Å². The van der Waals surface area contributed by atoms with Crippen LogP contribution in [0.15, 0.2) is 5.38 Å². The van der Waals surface area contributed by atoms with Gasteiger partial charge in [0, 0.05) is 11.9 Å². The highest BCUT2D eigenvalue weighted by Gasteiger charge is 2.31. The Bertz CT molecular complexity index is 370. The normalized spacial score (nSPS) is 22.2. The van der Waals surface area contributed by atoms with Crippen molar-refractivity contribution in [2.24, 2.45) is 11.3 Å². The van der Waals surface area contributed by atoms with Crippen molar-refractivity contribution in [1.29, 1.82) is 0 Å². The lowest BCUT2D eigenvalue weighted by molar-refractivity contribution is 0.226.